The van der Waals surface area contributed by atoms with Crippen molar-refractivity contribution in [3.05, 3.63) is 52.2 Å². The van der Waals surface area contributed by atoms with Gasteiger partial charge in [-0.2, -0.15) is 0 Å². The van der Waals surface area contributed by atoms with Gasteiger partial charge in [0.2, 0.25) is 10.0 Å². The van der Waals surface area contributed by atoms with Crippen molar-refractivity contribution < 1.29 is 8.42 Å². The van der Waals surface area contributed by atoms with Crippen LogP contribution in [0.1, 0.15) is 17.4 Å². The molecule has 6 nitrogen and oxygen atoms in total. The predicted octanol–water partition coefficient (Wildman–Crippen LogP) is 2.66. The molecule has 2 rings (SSSR count). The molecular formula is C18H26N4O2S2. The third-order valence-corrected chi connectivity index (χ3v) is 5.22. The highest BCUT2D eigenvalue weighted by molar-refractivity contribution is 7.92. The van der Waals surface area contributed by atoms with Gasteiger partial charge in [-0.25, -0.2) is 8.42 Å². The van der Waals surface area contributed by atoms with E-state index in [1.165, 1.54) is 4.88 Å². The Morgan fingerprint density at radius 2 is 1.96 bits per heavy atom. The summed E-state index contributed by atoms with van der Waals surface area (Å²) in [6, 6.07) is 11.5. The highest BCUT2D eigenvalue weighted by Gasteiger charge is 2.09. The Bertz CT molecular complexity index is 817. The van der Waals surface area contributed by atoms with Gasteiger partial charge in [-0.15, -0.1) is 11.3 Å². The Morgan fingerprint density at radius 3 is 2.62 bits per heavy atom. The number of guanidine groups is 1. The summed E-state index contributed by atoms with van der Waals surface area (Å²) in [7, 11) is -1.59. The fourth-order valence-corrected chi connectivity index (χ4v) is 3.96. The molecule has 0 saturated heterocycles. The van der Waals surface area contributed by atoms with E-state index in [2.05, 4.69) is 44.8 Å². The van der Waals surface area contributed by atoms with Crippen LogP contribution in [0.2, 0.25) is 0 Å². The second kappa shape index (κ2) is 9.59. The number of benzene rings is 1. The van der Waals surface area contributed by atoms with Crippen molar-refractivity contribution >= 4 is 33.0 Å². The lowest BCUT2D eigenvalue weighted by atomic mass is 10.1. The van der Waals surface area contributed by atoms with Crippen LogP contribution in [0.5, 0.6) is 0 Å². The smallest absolute Gasteiger partial charge is 0.229 e. The van der Waals surface area contributed by atoms with E-state index in [-0.39, 0.29) is 0 Å². The fourth-order valence-electron chi connectivity index (χ4n) is 2.49. The quantitative estimate of drug-likeness (QED) is 0.475. The molecule has 0 bridgehead atoms. The normalized spacial score (nSPS) is 13.3. The van der Waals surface area contributed by atoms with Crippen molar-refractivity contribution in [2.45, 2.75) is 19.9 Å². The molecule has 2 aromatic rings. The largest absolute Gasteiger partial charge is 0.356 e. The van der Waals surface area contributed by atoms with Gasteiger partial charge in [0.15, 0.2) is 5.96 Å². The van der Waals surface area contributed by atoms with Crippen LogP contribution in [0.4, 0.5) is 5.69 Å². The molecule has 1 aromatic heterocycles. The Morgan fingerprint density at radius 1 is 1.19 bits per heavy atom. The number of rotatable bonds is 8. The molecule has 26 heavy (non-hydrogen) atoms. The van der Waals surface area contributed by atoms with Crippen LogP contribution in [0.3, 0.4) is 0 Å². The lowest BCUT2D eigenvalue weighted by Gasteiger charge is -2.17. The maximum atomic E-state index is 11.5. The maximum Gasteiger partial charge on any atom is 0.229 e. The van der Waals surface area contributed by atoms with Gasteiger partial charge >= 0.3 is 0 Å². The number of anilines is 1. The molecule has 8 heteroatoms. The van der Waals surface area contributed by atoms with Crippen molar-refractivity contribution in [3.8, 4) is 0 Å². The zero-order valence-electron chi connectivity index (χ0n) is 15.3. The van der Waals surface area contributed by atoms with Gasteiger partial charge in [0, 0.05) is 25.0 Å². The highest BCUT2D eigenvalue weighted by Crippen LogP contribution is 2.16. The third-order valence-electron chi connectivity index (χ3n) is 3.73. The first-order valence-electron chi connectivity index (χ1n) is 8.40. The minimum atomic E-state index is -3.31. The van der Waals surface area contributed by atoms with Crippen LogP contribution in [-0.2, 0) is 23.0 Å². The maximum absolute atomic E-state index is 11.5. The van der Waals surface area contributed by atoms with Gasteiger partial charge < -0.3 is 10.6 Å². The SMILES string of the molecule is CN=C(NCc1ccccc1NS(C)(=O)=O)NCC(C)Cc1cccs1. The molecule has 0 aliphatic carbocycles. The van der Waals surface area contributed by atoms with Crippen LogP contribution in [-0.4, -0.2) is 34.2 Å². The van der Waals surface area contributed by atoms with Crippen molar-refractivity contribution in [1.82, 2.24) is 10.6 Å². The molecule has 0 radical (unpaired) electrons. The molecule has 0 aliphatic rings. The lowest BCUT2D eigenvalue weighted by molar-refractivity contribution is 0.562. The summed E-state index contributed by atoms with van der Waals surface area (Å²) >= 11 is 1.78. The molecule has 0 fully saturated rings. The van der Waals surface area contributed by atoms with E-state index < -0.39 is 10.0 Å². The predicted molar refractivity (Wildman–Crippen MR) is 110 cm³/mol. The molecule has 0 aliphatic heterocycles. The van der Waals surface area contributed by atoms with Crippen molar-refractivity contribution in [3.63, 3.8) is 0 Å². The second-order valence-corrected chi connectivity index (χ2v) is 9.01. The molecule has 1 aromatic carbocycles. The van der Waals surface area contributed by atoms with Crippen LogP contribution in [0.25, 0.3) is 0 Å². The number of hydrogen-bond donors (Lipinski definition) is 3. The van der Waals surface area contributed by atoms with Gasteiger partial charge in [-0.1, -0.05) is 31.2 Å². The number of nitrogens with one attached hydrogen (secondary N) is 3. The minimum absolute atomic E-state index is 0.470. The van der Waals surface area contributed by atoms with Gasteiger partial charge in [0.1, 0.15) is 0 Å². The highest BCUT2D eigenvalue weighted by atomic mass is 32.2. The standard InChI is InChI=1S/C18H26N4O2S2/c1-14(11-16-8-6-10-25-16)12-20-18(19-2)21-13-15-7-4-5-9-17(15)22-26(3,23)24/h4-10,14,22H,11-13H2,1-3H3,(H2,19,20,21). The number of sulfonamides is 1. The fraction of sp³-hybridized carbons (Fsp3) is 0.389. The zero-order valence-corrected chi connectivity index (χ0v) is 17.0. The molecule has 0 amide bonds. The number of aliphatic imine (C=N–C) groups is 1. The van der Waals surface area contributed by atoms with Crippen LogP contribution < -0.4 is 15.4 Å². The van der Waals surface area contributed by atoms with E-state index in [1.807, 2.05) is 12.1 Å². The topological polar surface area (TPSA) is 82.6 Å². The van der Waals surface area contributed by atoms with Crippen molar-refractivity contribution in [2.24, 2.45) is 10.9 Å². The third kappa shape index (κ3) is 7.05. The molecule has 142 valence electrons. The van der Waals surface area contributed by atoms with E-state index in [4.69, 9.17) is 0 Å². The molecular weight excluding hydrogens is 368 g/mol. The van der Waals surface area contributed by atoms with Crippen LogP contribution in [0.15, 0.2) is 46.8 Å². The molecule has 1 heterocycles. The summed E-state index contributed by atoms with van der Waals surface area (Å²) in [5, 5.41) is 8.65. The Hall–Kier alpha value is -2.06. The zero-order chi connectivity index (χ0) is 19.0. The van der Waals surface area contributed by atoms with Gasteiger partial charge in [0.05, 0.1) is 11.9 Å². The van der Waals surface area contributed by atoms with Crippen molar-refractivity contribution in [1.29, 1.82) is 0 Å². The average Bonchev–Trinajstić information content (AvgIpc) is 3.08. The molecule has 0 saturated carbocycles. The first kappa shape index (κ1) is 20.3. The van der Waals surface area contributed by atoms with E-state index in [0.29, 0.717) is 24.1 Å². The summed E-state index contributed by atoms with van der Waals surface area (Å²) in [4.78, 5) is 5.61. The minimum Gasteiger partial charge on any atom is -0.356 e. The lowest BCUT2D eigenvalue weighted by Crippen LogP contribution is -2.39. The van der Waals surface area contributed by atoms with E-state index in [1.54, 1.807) is 30.5 Å². The number of para-hydroxylation sites is 1. The Balaban J connectivity index is 1.87. The first-order chi connectivity index (χ1) is 12.4. The van der Waals surface area contributed by atoms with E-state index in [0.717, 1.165) is 24.8 Å². The molecule has 1 atom stereocenters. The van der Waals surface area contributed by atoms with E-state index >= 15 is 0 Å². The summed E-state index contributed by atoms with van der Waals surface area (Å²) in [6.45, 7) is 3.48. The Kier molecular flexibility index (Phi) is 7.47. The second-order valence-electron chi connectivity index (χ2n) is 6.23. The average molecular weight is 395 g/mol. The number of hydrogen-bond acceptors (Lipinski definition) is 4. The van der Waals surface area contributed by atoms with Gasteiger partial charge in [0.25, 0.3) is 0 Å². The molecule has 3 N–H and O–H groups in total. The summed E-state index contributed by atoms with van der Waals surface area (Å²) in [6.07, 6.45) is 2.18. The van der Waals surface area contributed by atoms with Crippen LogP contribution >= 0.6 is 11.3 Å². The van der Waals surface area contributed by atoms with Crippen molar-refractivity contribution in [2.75, 3.05) is 24.6 Å². The molecule has 0 spiro atoms. The summed E-state index contributed by atoms with van der Waals surface area (Å²) < 4.78 is 25.5. The van der Waals surface area contributed by atoms with Crippen LogP contribution in [0, 0.1) is 5.92 Å². The summed E-state index contributed by atoms with van der Waals surface area (Å²) in [5.41, 5.74) is 1.43. The first-order valence-corrected chi connectivity index (χ1v) is 11.2. The summed E-state index contributed by atoms with van der Waals surface area (Å²) in [5.74, 6) is 1.17. The monoisotopic (exact) mass is 394 g/mol. The molecule has 1 unspecified atom stereocenters. The van der Waals surface area contributed by atoms with E-state index in [9.17, 15) is 8.42 Å². The van der Waals surface area contributed by atoms with Gasteiger partial charge in [-0.3, -0.25) is 9.71 Å². The van der Waals surface area contributed by atoms with Gasteiger partial charge in [-0.05, 0) is 35.4 Å². The number of nitrogens with zero attached hydrogens (tertiary/aromatic N) is 1. The Labute approximate surface area is 159 Å². The number of thiophene rings is 1.